The minimum atomic E-state index is -0.456. The summed E-state index contributed by atoms with van der Waals surface area (Å²) in [4.78, 5) is 2.34. The molecule has 1 saturated heterocycles. The van der Waals surface area contributed by atoms with Crippen molar-refractivity contribution in [2.75, 3.05) is 27.6 Å². The lowest BCUT2D eigenvalue weighted by Crippen LogP contribution is -2.52. The first-order valence-electron chi connectivity index (χ1n) is 8.33. The van der Waals surface area contributed by atoms with Gasteiger partial charge in [-0.05, 0) is 18.1 Å². The SMILES string of the molecule is COc1c2c(cc3c1OCO3)[C@]13C=C[C@H](OC)C[C@@H]1N(C2)C[C@H]3O. The number of benzene rings is 1. The average molecular weight is 331 g/mol. The average Bonchev–Trinajstić information content (AvgIpc) is 3.14. The van der Waals surface area contributed by atoms with Gasteiger partial charge in [-0.25, -0.2) is 0 Å². The van der Waals surface area contributed by atoms with Crippen LogP contribution in [-0.2, 0) is 16.7 Å². The fourth-order valence-corrected chi connectivity index (χ4v) is 4.97. The molecule has 1 aromatic rings. The van der Waals surface area contributed by atoms with Crippen LogP contribution in [-0.4, -0.2) is 55.8 Å². The number of fused-ring (bicyclic) bond motifs is 2. The van der Waals surface area contributed by atoms with Gasteiger partial charge in [-0.2, -0.15) is 0 Å². The standard InChI is InChI=1S/C18H21NO5/c1-21-10-3-4-18-12-6-13-17(24-9-23-13)16(22-2)11(12)7-19(8-15(18)20)14(18)5-10/h3-4,6,10,14-15,20H,5,7-9H2,1-2H3/t10-,14-,15+,18+/m0/s1. The van der Waals surface area contributed by atoms with Crippen molar-refractivity contribution in [2.24, 2.45) is 0 Å². The van der Waals surface area contributed by atoms with Crippen molar-refractivity contribution in [1.82, 2.24) is 4.90 Å². The van der Waals surface area contributed by atoms with Gasteiger partial charge in [-0.1, -0.05) is 12.2 Å². The molecule has 1 N–H and O–H groups in total. The highest BCUT2D eigenvalue weighted by atomic mass is 16.7. The van der Waals surface area contributed by atoms with Crippen LogP contribution in [0.3, 0.4) is 0 Å². The van der Waals surface area contributed by atoms with E-state index in [1.807, 2.05) is 6.07 Å². The molecule has 128 valence electrons. The normalized spacial score (nSPS) is 38.0. The van der Waals surface area contributed by atoms with Gasteiger partial charge in [-0.3, -0.25) is 4.90 Å². The highest BCUT2D eigenvalue weighted by molar-refractivity contribution is 5.65. The molecule has 1 unspecified atom stereocenters. The lowest BCUT2D eigenvalue weighted by Gasteiger charge is -2.46. The van der Waals surface area contributed by atoms with Gasteiger partial charge in [0.05, 0.1) is 24.7 Å². The van der Waals surface area contributed by atoms with Gasteiger partial charge in [0, 0.05) is 31.8 Å². The molecule has 3 heterocycles. The number of aliphatic hydroxyl groups excluding tert-OH is 1. The van der Waals surface area contributed by atoms with E-state index in [1.165, 1.54) is 0 Å². The van der Waals surface area contributed by atoms with E-state index in [2.05, 4.69) is 17.1 Å². The summed E-state index contributed by atoms with van der Waals surface area (Å²) >= 11 is 0. The topological polar surface area (TPSA) is 60.4 Å². The van der Waals surface area contributed by atoms with Crippen LogP contribution in [0.5, 0.6) is 17.2 Å². The number of hydrogen-bond acceptors (Lipinski definition) is 6. The van der Waals surface area contributed by atoms with Crippen LogP contribution in [0, 0.1) is 0 Å². The molecular formula is C18H21NO5. The van der Waals surface area contributed by atoms with Crippen LogP contribution in [0.15, 0.2) is 18.2 Å². The maximum absolute atomic E-state index is 11.0. The smallest absolute Gasteiger partial charge is 0.231 e. The number of aliphatic hydroxyl groups is 1. The van der Waals surface area contributed by atoms with Gasteiger partial charge in [-0.15, -0.1) is 0 Å². The summed E-state index contributed by atoms with van der Waals surface area (Å²) in [5.41, 5.74) is 1.76. The number of rotatable bonds is 2. The Kier molecular flexibility index (Phi) is 2.96. The quantitative estimate of drug-likeness (QED) is 0.822. The van der Waals surface area contributed by atoms with Crippen molar-refractivity contribution in [2.45, 2.75) is 36.6 Å². The molecule has 0 aromatic heterocycles. The summed E-state index contributed by atoms with van der Waals surface area (Å²) in [7, 11) is 3.39. The molecular weight excluding hydrogens is 310 g/mol. The molecule has 3 aliphatic heterocycles. The maximum atomic E-state index is 11.0. The molecule has 1 fully saturated rings. The third-order valence-electron chi connectivity index (χ3n) is 6.05. The molecule has 2 bridgehead atoms. The Morgan fingerprint density at radius 2 is 2.21 bits per heavy atom. The Morgan fingerprint density at radius 1 is 1.33 bits per heavy atom. The molecule has 0 spiro atoms. The molecule has 1 aromatic carbocycles. The van der Waals surface area contributed by atoms with Crippen LogP contribution in [0.4, 0.5) is 0 Å². The summed E-state index contributed by atoms with van der Waals surface area (Å²) in [6, 6.07) is 2.26. The Morgan fingerprint density at radius 3 is 3.00 bits per heavy atom. The molecule has 0 radical (unpaired) electrons. The zero-order valence-electron chi connectivity index (χ0n) is 13.8. The number of hydrogen-bond donors (Lipinski definition) is 1. The largest absolute Gasteiger partial charge is 0.492 e. The fourth-order valence-electron chi connectivity index (χ4n) is 4.97. The Bertz CT molecular complexity index is 733. The second-order valence-electron chi connectivity index (χ2n) is 6.93. The third kappa shape index (κ3) is 1.61. The first-order chi connectivity index (χ1) is 11.7. The Hall–Kier alpha value is -1.76. The van der Waals surface area contributed by atoms with Crippen LogP contribution < -0.4 is 14.2 Å². The highest BCUT2D eigenvalue weighted by Gasteiger charge is 2.59. The number of nitrogens with zero attached hydrogens (tertiary/aromatic N) is 1. The van der Waals surface area contributed by atoms with Crippen molar-refractivity contribution in [3.05, 3.63) is 29.3 Å². The minimum Gasteiger partial charge on any atom is -0.492 e. The fraction of sp³-hybridized carbons (Fsp3) is 0.556. The van der Waals surface area contributed by atoms with E-state index in [4.69, 9.17) is 18.9 Å². The molecule has 5 atom stereocenters. The van der Waals surface area contributed by atoms with Gasteiger partial charge in [0.2, 0.25) is 12.5 Å². The highest BCUT2D eigenvalue weighted by Crippen LogP contribution is 2.57. The van der Waals surface area contributed by atoms with Crippen molar-refractivity contribution in [3.8, 4) is 17.2 Å². The molecule has 0 amide bonds. The van der Waals surface area contributed by atoms with Gasteiger partial charge < -0.3 is 24.1 Å². The molecule has 6 nitrogen and oxygen atoms in total. The maximum Gasteiger partial charge on any atom is 0.231 e. The summed E-state index contributed by atoms with van der Waals surface area (Å²) in [5, 5.41) is 11.0. The lowest BCUT2D eigenvalue weighted by atomic mass is 9.65. The summed E-state index contributed by atoms with van der Waals surface area (Å²) in [6.45, 7) is 1.59. The molecule has 1 aliphatic carbocycles. The first kappa shape index (κ1) is 14.6. The first-order valence-corrected chi connectivity index (χ1v) is 8.33. The van der Waals surface area contributed by atoms with Crippen molar-refractivity contribution in [1.29, 1.82) is 0 Å². The van der Waals surface area contributed by atoms with E-state index in [-0.39, 0.29) is 18.9 Å². The van der Waals surface area contributed by atoms with E-state index >= 15 is 0 Å². The van der Waals surface area contributed by atoms with E-state index in [1.54, 1.807) is 14.2 Å². The van der Waals surface area contributed by atoms with Crippen molar-refractivity contribution < 1.29 is 24.1 Å². The van der Waals surface area contributed by atoms with E-state index < -0.39 is 11.5 Å². The summed E-state index contributed by atoms with van der Waals surface area (Å²) in [6.07, 6.45) is 4.73. The van der Waals surface area contributed by atoms with Crippen LogP contribution >= 0.6 is 0 Å². The molecule has 0 saturated carbocycles. The van der Waals surface area contributed by atoms with Gasteiger partial charge >= 0.3 is 0 Å². The number of ether oxygens (including phenoxy) is 4. The zero-order valence-corrected chi connectivity index (χ0v) is 13.8. The van der Waals surface area contributed by atoms with Gasteiger partial charge in [0.25, 0.3) is 0 Å². The van der Waals surface area contributed by atoms with E-state index in [0.29, 0.717) is 18.0 Å². The Labute approximate surface area is 140 Å². The van der Waals surface area contributed by atoms with Crippen LogP contribution in [0.2, 0.25) is 0 Å². The van der Waals surface area contributed by atoms with Crippen LogP contribution in [0.1, 0.15) is 17.5 Å². The van der Waals surface area contributed by atoms with Gasteiger partial charge in [0.1, 0.15) is 0 Å². The number of methoxy groups -OCH3 is 2. The zero-order chi connectivity index (χ0) is 16.5. The summed E-state index contributed by atoms with van der Waals surface area (Å²) < 4.78 is 22.4. The second-order valence-corrected chi connectivity index (χ2v) is 6.93. The second kappa shape index (κ2) is 4.88. The van der Waals surface area contributed by atoms with Crippen molar-refractivity contribution >= 4 is 0 Å². The van der Waals surface area contributed by atoms with Crippen molar-refractivity contribution in [3.63, 3.8) is 0 Å². The molecule has 5 rings (SSSR count). The predicted octanol–water partition coefficient (Wildman–Crippen LogP) is 1.20. The molecule has 4 aliphatic rings. The van der Waals surface area contributed by atoms with Crippen LogP contribution in [0.25, 0.3) is 0 Å². The van der Waals surface area contributed by atoms with E-state index in [9.17, 15) is 5.11 Å². The lowest BCUT2D eigenvalue weighted by molar-refractivity contribution is 0.0655. The predicted molar refractivity (Wildman–Crippen MR) is 85.6 cm³/mol. The van der Waals surface area contributed by atoms with Gasteiger partial charge in [0.15, 0.2) is 11.5 Å². The Balaban J connectivity index is 1.76. The monoisotopic (exact) mass is 331 g/mol. The summed E-state index contributed by atoms with van der Waals surface area (Å²) in [5.74, 6) is 2.11. The molecule has 24 heavy (non-hydrogen) atoms. The third-order valence-corrected chi connectivity index (χ3v) is 6.05. The molecule has 6 heteroatoms. The minimum absolute atomic E-state index is 0.0911. The van der Waals surface area contributed by atoms with E-state index in [0.717, 1.165) is 29.8 Å².